The van der Waals surface area contributed by atoms with Gasteiger partial charge in [-0.15, -0.1) is 0 Å². The molecule has 0 spiro atoms. The van der Waals surface area contributed by atoms with Crippen molar-refractivity contribution in [2.75, 3.05) is 24.6 Å². The smallest absolute Gasteiger partial charge is 0.251 e. The number of anilines is 1. The molecule has 27 heavy (non-hydrogen) atoms. The third kappa shape index (κ3) is 4.02. The van der Waals surface area contributed by atoms with Gasteiger partial charge in [-0.1, -0.05) is 6.92 Å². The summed E-state index contributed by atoms with van der Waals surface area (Å²) in [5.74, 6) is -0.219. The lowest BCUT2D eigenvalue weighted by Gasteiger charge is -2.38. The molecule has 2 heterocycles. The van der Waals surface area contributed by atoms with Crippen LogP contribution in [-0.2, 0) is 9.53 Å². The van der Waals surface area contributed by atoms with Gasteiger partial charge in [0.2, 0.25) is 0 Å². The molecule has 0 bridgehead atoms. The molecule has 0 radical (unpaired) electrons. The quantitative estimate of drug-likeness (QED) is 0.832. The fourth-order valence-corrected chi connectivity index (χ4v) is 3.39. The number of ether oxygens (including phenoxy) is 1. The van der Waals surface area contributed by atoms with E-state index in [2.05, 4.69) is 21.3 Å². The number of amides is 1. The van der Waals surface area contributed by atoms with Gasteiger partial charge in [0.15, 0.2) is 6.10 Å². The van der Waals surface area contributed by atoms with Crippen molar-refractivity contribution in [2.24, 2.45) is 0 Å². The summed E-state index contributed by atoms with van der Waals surface area (Å²) in [6, 6.07) is 9.35. The van der Waals surface area contributed by atoms with Gasteiger partial charge in [0, 0.05) is 23.8 Å². The number of nitrogens with zero attached hydrogens (tertiary/aromatic N) is 3. The lowest BCUT2D eigenvalue weighted by Crippen LogP contribution is -2.54. The van der Waals surface area contributed by atoms with Crippen LogP contribution in [0.25, 0.3) is 10.9 Å². The zero-order valence-corrected chi connectivity index (χ0v) is 15.6. The summed E-state index contributed by atoms with van der Waals surface area (Å²) in [6.07, 6.45) is 1.56. The SMILES string of the molecule is CC[C@H](CO)NC(=O)[C@H]1CN(c2ccc(C#N)c3ncccc23)C[C@@H](C)O1. The summed E-state index contributed by atoms with van der Waals surface area (Å²) >= 11 is 0. The number of hydrogen-bond acceptors (Lipinski definition) is 6. The van der Waals surface area contributed by atoms with Crippen LogP contribution in [0.5, 0.6) is 0 Å². The standard InChI is InChI=1S/C20H24N4O3/c1-3-15(12-25)23-20(26)18-11-24(10-13(2)27-18)17-7-6-14(9-21)19-16(17)5-4-8-22-19/h4-8,13,15,18,25H,3,10-12H2,1-2H3,(H,23,26)/t13-,15-,18-/m1/s1. The zero-order valence-electron chi connectivity index (χ0n) is 15.6. The Morgan fingerprint density at radius 1 is 1.48 bits per heavy atom. The highest BCUT2D eigenvalue weighted by Crippen LogP contribution is 2.30. The summed E-state index contributed by atoms with van der Waals surface area (Å²) in [6.45, 7) is 4.78. The predicted molar refractivity (Wildman–Crippen MR) is 102 cm³/mol. The van der Waals surface area contributed by atoms with E-state index in [1.165, 1.54) is 0 Å². The molecule has 3 rings (SSSR count). The molecule has 1 amide bonds. The fraction of sp³-hybridized carbons (Fsp3) is 0.450. The maximum absolute atomic E-state index is 12.6. The summed E-state index contributed by atoms with van der Waals surface area (Å²) in [5, 5.41) is 22.4. The molecule has 2 aromatic rings. The number of pyridine rings is 1. The third-order valence-electron chi connectivity index (χ3n) is 4.82. The number of aliphatic hydroxyl groups is 1. The number of aliphatic hydroxyl groups excluding tert-OH is 1. The first kappa shape index (κ1) is 19.1. The van der Waals surface area contributed by atoms with Crippen LogP contribution in [0.1, 0.15) is 25.8 Å². The van der Waals surface area contributed by atoms with Gasteiger partial charge in [-0.3, -0.25) is 9.78 Å². The van der Waals surface area contributed by atoms with E-state index < -0.39 is 6.10 Å². The second-order valence-corrected chi connectivity index (χ2v) is 6.78. The van der Waals surface area contributed by atoms with Crippen molar-refractivity contribution in [1.29, 1.82) is 5.26 Å². The van der Waals surface area contributed by atoms with Crippen LogP contribution in [0.4, 0.5) is 5.69 Å². The van der Waals surface area contributed by atoms with E-state index in [4.69, 9.17) is 4.74 Å². The molecule has 1 aromatic heterocycles. The van der Waals surface area contributed by atoms with Crippen molar-refractivity contribution in [3.63, 3.8) is 0 Å². The maximum Gasteiger partial charge on any atom is 0.251 e. The summed E-state index contributed by atoms with van der Waals surface area (Å²) < 4.78 is 5.84. The van der Waals surface area contributed by atoms with Crippen molar-refractivity contribution in [3.05, 3.63) is 36.0 Å². The number of carbonyl (C=O) groups is 1. The van der Waals surface area contributed by atoms with Crippen molar-refractivity contribution in [1.82, 2.24) is 10.3 Å². The number of morpholine rings is 1. The van der Waals surface area contributed by atoms with E-state index in [0.717, 1.165) is 11.1 Å². The largest absolute Gasteiger partial charge is 0.394 e. The molecule has 7 nitrogen and oxygen atoms in total. The number of aromatic nitrogens is 1. The average Bonchev–Trinajstić information content (AvgIpc) is 2.70. The number of carbonyl (C=O) groups excluding carboxylic acids is 1. The minimum atomic E-state index is -0.628. The highest BCUT2D eigenvalue weighted by atomic mass is 16.5. The van der Waals surface area contributed by atoms with Gasteiger partial charge in [0.25, 0.3) is 5.91 Å². The summed E-state index contributed by atoms with van der Waals surface area (Å²) in [5.41, 5.74) is 2.11. The van der Waals surface area contributed by atoms with Crippen molar-refractivity contribution in [3.8, 4) is 6.07 Å². The molecule has 1 aromatic carbocycles. The number of fused-ring (bicyclic) bond motifs is 1. The van der Waals surface area contributed by atoms with Crippen LogP contribution in [0.3, 0.4) is 0 Å². The Labute approximate surface area is 158 Å². The van der Waals surface area contributed by atoms with Crippen LogP contribution in [0.2, 0.25) is 0 Å². The van der Waals surface area contributed by atoms with Crippen LogP contribution >= 0.6 is 0 Å². The molecule has 1 aliphatic rings. The molecule has 7 heteroatoms. The minimum Gasteiger partial charge on any atom is -0.394 e. The zero-order chi connectivity index (χ0) is 19.4. The van der Waals surface area contributed by atoms with Crippen molar-refractivity contribution < 1.29 is 14.6 Å². The summed E-state index contributed by atoms with van der Waals surface area (Å²) in [7, 11) is 0. The average molecular weight is 368 g/mol. The Kier molecular flexibility index (Phi) is 5.89. The Bertz CT molecular complexity index is 860. The van der Waals surface area contributed by atoms with Crippen molar-refractivity contribution >= 4 is 22.5 Å². The molecular weight excluding hydrogens is 344 g/mol. The van der Waals surface area contributed by atoms with Gasteiger partial charge < -0.3 is 20.1 Å². The molecule has 1 fully saturated rings. The molecule has 142 valence electrons. The first-order chi connectivity index (χ1) is 13.1. The second-order valence-electron chi connectivity index (χ2n) is 6.78. The number of nitrogens with one attached hydrogen (secondary N) is 1. The number of rotatable bonds is 5. The Hall–Kier alpha value is -2.69. The third-order valence-corrected chi connectivity index (χ3v) is 4.82. The lowest BCUT2D eigenvalue weighted by atomic mass is 10.1. The van der Waals surface area contributed by atoms with E-state index in [-0.39, 0.29) is 24.7 Å². The van der Waals surface area contributed by atoms with E-state index >= 15 is 0 Å². The normalized spacial score (nSPS) is 20.9. The second kappa shape index (κ2) is 8.33. The topological polar surface area (TPSA) is 98.5 Å². The molecule has 0 aliphatic carbocycles. The van der Waals surface area contributed by atoms with Crippen LogP contribution in [-0.4, -0.2) is 53.9 Å². The number of benzene rings is 1. The molecule has 1 saturated heterocycles. The highest BCUT2D eigenvalue weighted by Gasteiger charge is 2.32. The molecule has 2 N–H and O–H groups in total. The first-order valence-corrected chi connectivity index (χ1v) is 9.16. The Morgan fingerprint density at radius 3 is 3.00 bits per heavy atom. The van der Waals surface area contributed by atoms with E-state index in [9.17, 15) is 15.2 Å². The van der Waals surface area contributed by atoms with Gasteiger partial charge in [0.1, 0.15) is 6.07 Å². The van der Waals surface area contributed by atoms with Crippen molar-refractivity contribution in [2.45, 2.75) is 38.5 Å². The molecule has 3 atom stereocenters. The van der Waals surface area contributed by atoms with Gasteiger partial charge in [-0.05, 0) is 37.6 Å². The molecule has 0 unspecified atom stereocenters. The Morgan fingerprint density at radius 2 is 2.30 bits per heavy atom. The van der Waals surface area contributed by atoms with Crippen LogP contribution in [0.15, 0.2) is 30.5 Å². The van der Waals surface area contributed by atoms with E-state index in [0.29, 0.717) is 30.6 Å². The minimum absolute atomic E-state index is 0.0971. The molecule has 0 saturated carbocycles. The molecule has 1 aliphatic heterocycles. The van der Waals surface area contributed by atoms with E-state index in [1.807, 2.05) is 32.0 Å². The number of hydrogen-bond donors (Lipinski definition) is 2. The van der Waals surface area contributed by atoms with Gasteiger partial charge >= 0.3 is 0 Å². The Balaban J connectivity index is 1.88. The maximum atomic E-state index is 12.6. The van der Waals surface area contributed by atoms with E-state index in [1.54, 1.807) is 12.3 Å². The monoisotopic (exact) mass is 368 g/mol. The van der Waals surface area contributed by atoms with Gasteiger partial charge in [-0.25, -0.2) is 0 Å². The van der Waals surface area contributed by atoms with Gasteiger partial charge in [0.05, 0.1) is 36.4 Å². The number of nitriles is 1. The fourth-order valence-electron chi connectivity index (χ4n) is 3.39. The summed E-state index contributed by atoms with van der Waals surface area (Å²) in [4.78, 5) is 19.0. The van der Waals surface area contributed by atoms with Gasteiger partial charge in [-0.2, -0.15) is 5.26 Å². The first-order valence-electron chi connectivity index (χ1n) is 9.16. The van der Waals surface area contributed by atoms with Crippen LogP contribution < -0.4 is 10.2 Å². The molecular formula is C20H24N4O3. The lowest BCUT2D eigenvalue weighted by molar-refractivity contribution is -0.138. The highest BCUT2D eigenvalue weighted by molar-refractivity contribution is 5.95. The van der Waals surface area contributed by atoms with Crippen LogP contribution in [0, 0.1) is 11.3 Å². The predicted octanol–water partition coefficient (Wildman–Crippen LogP) is 1.59.